The third-order valence-corrected chi connectivity index (χ3v) is 16.1. The van der Waals surface area contributed by atoms with Crippen LogP contribution >= 0.6 is 0 Å². The molecule has 0 unspecified atom stereocenters. The van der Waals surface area contributed by atoms with E-state index in [4.69, 9.17) is 19.1 Å². The van der Waals surface area contributed by atoms with Crippen molar-refractivity contribution in [2.24, 2.45) is 5.11 Å². The van der Waals surface area contributed by atoms with Gasteiger partial charge in [0.15, 0.2) is 0 Å². The number of rotatable bonds is 5. The van der Waals surface area contributed by atoms with Gasteiger partial charge in [-0.05, 0) is 71.5 Å². The molecule has 0 aliphatic carbocycles. The third-order valence-electron chi connectivity index (χ3n) is 7.46. The van der Waals surface area contributed by atoms with Crippen LogP contribution in [0.3, 0.4) is 0 Å². The molecule has 0 N–H and O–H groups in total. The summed E-state index contributed by atoms with van der Waals surface area (Å²) in [5.74, 6) is 1.64. The van der Waals surface area contributed by atoms with E-state index in [0.717, 1.165) is 29.0 Å². The molecule has 1 aromatic rings. The summed E-state index contributed by atoms with van der Waals surface area (Å²) in [5, 5.41) is 4.12. The molecule has 1 saturated heterocycles. The lowest BCUT2D eigenvalue weighted by Gasteiger charge is -2.40. The predicted molar refractivity (Wildman–Crippen MR) is 126 cm³/mol. The summed E-state index contributed by atoms with van der Waals surface area (Å²) in [6.45, 7) is 22.5. The fourth-order valence-corrected chi connectivity index (χ4v) is 5.48. The molecule has 2 bridgehead atoms. The van der Waals surface area contributed by atoms with Crippen LogP contribution < -0.4 is 8.85 Å². The van der Waals surface area contributed by atoms with Crippen molar-refractivity contribution >= 4 is 16.6 Å². The van der Waals surface area contributed by atoms with Crippen LogP contribution in [0.25, 0.3) is 10.4 Å². The SMILES string of the molecule is CC(C)(C)[Si](C)(C)Oc1cc2c(cc1O[Si](C)(C)C(C)(C)C)[C@@H]1O[C@H]2C[C@H]1N=[N+]=[N-]. The fourth-order valence-electron chi connectivity index (χ4n) is 3.45. The first-order chi connectivity index (χ1) is 13.6. The lowest BCUT2D eigenvalue weighted by molar-refractivity contribution is 0.0679. The molecule has 3 rings (SSSR count). The maximum Gasteiger partial charge on any atom is 0.250 e. The van der Waals surface area contributed by atoms with Gasteiger partial charge in [0.25, 0.3) is 16.6 Å². The molecule has 1 fully saturated rings. The fraction of sp³-hybridized carbons (Fsp3) is 0.727. The highest BCUT2D eigenvalue weighted by molar-refractivity contribution is 6.75. The molecule has 2 heterocycles. The average molecular weight is 448 g/mol. The van der Waals surface area contributed by atoms with E-state index < -0.39 is 16.6 Å². The minimum absolute atomic E-state index is 0.0378. The number of azide groups is 1. The normalized spacial score (nSPS) is 23.7. The minimum Gasteiger partial charge on any atom is -0.541 e. The molecular formula is C22H37N3O3Si2. The standard InChI is InChI=1S/C22H37N3O3Si2/c1-21(2,3)29(7,8)27-18-11-14-15(20-16(24-25-23)13-17(14)26-20)12-19(18)28-30(9,10)22(4,5)6/h11-12,16-17,20H,13H2,1-10H3/t16-,17+,20+/m1/s1. The molecule has 2 aliphatic heterocycles. The van der Waals surface area contributed by atoms with E-state index in [-0.39, 0.29) is 28.3 Å². The highest BCUT2D eigenvalue weighted by Gasteiger charge is 2.47. The Labute approximate surface area is 183 Å². The zero-order valence-electron chi connectivity index (χ0n) is 20.2. The molecule has 0 spiro atoms. The van der Waals surface area contributed by atoms with Gasteiger partial charge < -0.3 is 13.6 Å². The van der Waals surface area contributed by atoms with Crippen LogP contribution in [-0.2, 0) is 4.74 Å². The van der Waals surface area contributed by atoms with E-state index in [2.05, 4.69) is 89.9 Å². The van der Waals surface area contributed by atoms with Crippen molar-refractivity contribution in [3.63, 3.8) is 0 Å². The van der Waals surface area contributed by atoms with Crippen molar-refractivity contribution in [2.75, 3.05) is 0 Å². The number of benzene rings is 1. The second kappa shape index (κ2) is 7.29. The molecule has 2 aliphatic rings. The molecule has 6 nitrogen and oxygen atoms in total. The second-order valence-electron chi connectivity index (χ2n) is 11.7. The van der Waals surface area contributed by atoms with Gasteiger partial charge >= 0.3 is 0 Å². The van der Waals surface area contributed by atoms with E-state index in [1.54, 1.807) is 0 Å². The molecule has 3 atom stereocenters. The molecule has 166 valence electrons. The van der Waals surface area contributed by atoms with E-state index in [1.165, 1.54) is 0 Å². The summed E-state index contributed by atoms with van der Waals surface area (Å²) in [5.41, 5.74) is 11.2. The van der Waals surface area contributed by atoms with Crippen LogP contribution in [0.1, 0.15) is 71.3 Å². The number of fused-ring (bicyclic) bond motifs is 5. The summed E-state index contributed by atoms with van der Waals surface area (Å²) in [7, 11) is -4.12. The van der Waals surface area contributed by atoms with Crippen molar-refractivity contribution in [1.29, 1.82) is 0 Å². The zero-order valence-corrected chi connectivity index (χ0v) is 22.2. The monoisotopic (exact) mass is 447 g/mol. The lowest BCUT2D eigenvalue weighted by atomic mass is 9.88. The van der Waals surface area contributed by atoms with E-state index in [0.29, 0.717) is 0 Å². The molecule has 30 heavy (non-hydrogen) atoms. The Morgan fingerprint density at radius 3 is 1.83 bits per heavy atom. The Kier molecular flexibility index (Phi) is 5.64. The van der Waals surface area contributed by atoms with E-state index in [1.807, 2.05) is 0 Å². The van der Waals surface area contributed by atoms with Gasteiger partial charge in [-0.15, -0.1) is 0 Å². The van der Waals surface area contributed by atoms with Crippen LogP contribution in [-0.4, -0.2) is 22.7 Å². The maximum absolute atomic E-state index is 8.92. The first-order valence-corrected chi connectivity index (χ1v) is 16.6. The summed E-state index contributed by atoms with van der Waals surface area (Å²) in [6.07, 6.45) is 0.498. The van der Waals surface area contributed by atoms with Gasteiger partial charge in [-0.3, -0.25) is 0 Å². The molecule has 0 radical (unpaired) electrons. The summed E-state index contributed by atoms with van der Waals surface area (Å²) in [4.78, 5) is 3.02. The minimum atomic E-state index is -2.07. The van der Waals surface area contributed by atoms with Gasteiger partial charge in [-0.2, -0.15) is 0 Å². The van der Waals surface area contributed by atoms with Crippen molar-refractivity contribution in [2.45, 2.75) is 102 Å². The Hall–Kier alpha value is -1.48. The lowest BCUT2D eigenvalue weighted by Crippen LogP contribution is -2.45. The molecule has 8 heteroatoms. The second-order valence-corrected chi connectivity index (χ2v) is 21.2. The van der Waals surface area contributed by atoms with E-state index in [9.17, 15) is 0 Å². The van der Waals surface area contributed by atoms with Crippen LogP contribution in [0.5, 0.6) is 11.5 Å². The van der Waals surface area contributed by atoms with Crippen molar-refractivity contribution in [1.82, 2.24) is 0 Å². The smallest absolute Gasteiger partial charge is 0.250 e. The molecule has 1 aromatic carbocycles. The van der Waals surface area contributed by atoms with Crippen molar-refractivity contribution in [3.8, 4) is 11.5 Å². The highest BCUT2D eigenvalue weighted by Crippen LogP contribution is 2.55. The van der Waals surface area contributed by atoms with Gasteiger partial charge in [-0.25, -0.2) is 0 Å². The van der Waals surface area contributed by atoms with Crippen molar-refractivity contribution in [3.05, 3.63) is 33.7 Å². The largest absolute Gasteiger partial charge is 0.541 e. The maximum atomic E-state index is 8.92. The quantitative estimate of drug-likeness (QED) is 0.201. The molecule has 0 amide bonds. The first-order valence-electron chi connectivity index (χ1n) is 10.8. The number of hydrogen-bond donors (Lipinski definition) is 0. The van der Waals surface area contributed by atoms with Gasteiger partial charge in [0.05, 0.1) is 18.2 Å². The van der Waals surface area contributed by atoms with Crippen molar-refractivity contribution < 1.29 is 13.6 Å². The molecule has 0 saturated carbocycles. The topological polar surface area (TPSA) is 76.5 Å². The van der Waals surface area contributed by atoms with Crippen LogP contribution in [0.2, 0.25) is 36.3 Å². The third kappa shape index (κ3) is 4.02. The summed E-state index contributed by atoms with van der Waals surface area (Å²) in [6, 6.07) is 4.08. The van der Waals surface area contributed by atoms with Crippen LogP contribution in [0, 0.1) is 0 Å². The van der Waals surface area contributed by atoms with E-state index >= 15 is 0 Å². The highest BCUT2D eigenvalue weighted by atomic mass is 28.4. The first kappa shape index (κ1) is 23.2. The Morgan fingerprint density at radius 1 is 0.933 bits per heavy atom. The van der Waals surface area contributed by atoms with Gasteiger partial charge in [-0.1, -0.05) is 46.7 Å². The Morgan fingerprint density at radius 2 is 1.40 bits per heavy atom. The summed E-state index contributed by atoms with van der Waals surface area (Å²) < 4.78 is 19.7. The number of ether oxygens (including phenoxy) is 1. The average Bonchev–Trinajstić information content (AvgIpc) is 3.11. The van der Waals surface area contributed by atoms with Crippen LogP contribution in [0.4, 0.5) is 0 Å². The molecule has 0 aromatic heterocycles. The summed E-state index contributed by atoms with van der Waals surface area (Å²) >= 11 is 0. The number of nitrogens with zero attached hydrogens (tertiary/aromatic N) is 3. The zero-order chi connectivity index (χ0) is 22.7. The van der Waals surface area contributed by atoms with Gasteiger partial charge in [0, 0.05) is 4.91 Å². The Bertz CT molecular complexity index is 881. The van der Waals surface area contributed by atoms with Gasteiger partial charge in [0.2, 0.25) is 0 Å². The van der Waals surface area contributed by atoms with Crippen LogP contribution in [0.15, 0.2) is 17.2 Å². The molecular weight excluding hydrogens is 410 g/mol. The van der Waals surface area contributed by atoms with Gasteiger partial charge in [0.1, 0.15) is 11.5 Å². The Balaban J connectivity index is 2.08. The predicted octanol–water partition coefficient (Wildman–Crippen LogP) is 7.65. The number of hydrogen-bond acceptors (Lipinski definition) is 4.